The van der Waals surface area contributed by atoms with Crippen molar-refractivity contribution in [2.45, 2.75) is 59.2 Å². The first-order valence-corrected chi connectivity index (χ1v) is 13.9. The molecule has 0 saturated carbocycles. The Morgan fingerprint density at radius 3 is 2.39 bits per heavy atom. The van der Waals surface area contributed by atoms with E-state index in [1.807, 2.05) is 69.3 Å². The van der Waals surface area contributed by atoms with Crippen molar-refractivity contribution < 1.29 is 19.0 Å². The molecule has 1 atom stereocenters. The molecule has 2 N–H and O–H groups in total. The number of anilines is 1. The van der Waals surface area contributed by atoms with Crippen molar-refractivity contribution in [3.8, 4) is 11.5 Å². The standard InChI is InChI=1S/C32H40N4O5/c1-20(2)16-22(35-31(38)41-32(3,4)5)19-40-24-12-13-25-26-14-15-33-29(28(26)30(37)36(6)27(25)17-24)34-18-21-8-10-23(39-7)11-9-21/h8-15,17,20,22H,16,18-19H2,1-7H3,(H,33,34)(H,35,38)/t22-/m0/s1. The predicted molar refractivity (Wildman–Crippen MR) is 163 cm³/mol. The maximum atomic E-state index is 13.6. The second-order valence-electron chi connectivity index (χ2n) is 11.6. The van der Waals surface area contributed by atoms with E-state index in [2.05, 4.69) is 29.5 Å². The van der Waals surface area contributed by atoms with E-state index in [1.54, 1.807) is 24.9 Å². The monoisotopic (exact) mass is 560 g/mol. The molecule has 41 heavy (non-hydrogen) atoms. The van der Waals surface area contributed by atoms with E-state index in [9.17, 15) is 9.59 Å². The van der Waals surface area contributed by atoms with Crippen molar-refractivity contribution in [3.05, 3.63) is 70.6 Å². The maximum absolute atomic E-state index is 13.6. The first-order valence-electron chi connectivity index (χ1n) is 13.9. The van der Waals surface area contributed by atoms with E-state index in [4.69, 9.17) is 14.2 Å². The van der Waals surface area contributed by atoms with Gasteiger partial charge < -0.3 is 29.4 Å². The molecule has 0 radical (unpaired) electrons. The van der Waals surface area contributed by atoms with Crippen LogP contribution in [0.4, 0.5) is 10.6 Å². The number of fused-ring (bicyclic) bond motifs is 3. The highest BCUT2D eigenvalue weighted by atomic mass is 16.6. The summed E-state index contributed by atoms with van der Waals surface area (Å²) in [5.41, 5.74) is 1.05. The van der Waals surface area contributed by atoms with Crippen molar-refractivity contribution >= 4 is 33.6 Å². The lowest BCUT2D eigenvalue weighted by Crippen LogP contribution is -2.42. The lowest BCUT2D eigenvalue weighted by Gasteiger charge is -2.25. The first kappa shape index (κ1) is 29.7. The fourth-order valence-electron chi connectivity index (χ4n) is 4.76. The normalized spacial score (nSPS) is 12.4. The van der Waals surface area contributed by atoms with E-state index < -0.39 is 11.7 Å². The van der Waals surface area contributed by atoms with Gasteiger partial charge in [-0.15, -0.1) is 0 Å². The van der Waals surface area contributed by atoms with Crippen LogP contribution in [0, 0.1) is 5.92 Å². The summed E-state index contributed by atoms with van der Waals surface area (Å²) in [7, 11) is 3.38. The highest BCUT2D eigenvalue weighted by molar-refractivity contribution is 6.09. The van der Waals surface area contributed by atoms with E-state index in [0.717, 1.165) is 34.0 Å². The number of carbonyl (C=O) groups excluding carboxylic acids is 1. The Bertz CT molecular complexity index is 1570. The van der Waals surface area contributed by atoms with Gasteiger partial charge in [0.2, 0.25) is 0 Å². The van der Waals surface area contributed by atoms with Crippen LogP contribution in [0.1, 0.15) is 46.6 Å². The van der Waals surface area contributed by atoms with Gasteiger partial charge in [0.15, 0.2) is 0 Å². The number of aromatic nitrogens is 2. The highest BCUT2D eigenvalue weighted by Crippen LogP contribution is 2.29. The van der Waals surface area contributed by atoms with Gasteiger partial charge in [0.05, 0.1) is 24.1 Å². The number of nitrogens with one attached hydrogen (secondary N) is 2. The predicted octanol–water partition coefficient (Wildman–Crippen LogP) is 6.03. The van der Waals surface area contributed by atoms with Gasteiger partial charge in [-0.2, -0.15) is 0 Å². The fraction of sp³-hybridized carbons (Fsp3) is 0.406. The van der Waals surface area contributed by atoms with Crippen molar-refractivity contribution in [3.63, 3.8) is 0 Å². The molecule has 0 saturated heterocycles. The quantitative estimate of drug-likeness (QED) is 0.228. The van der Waals surface area contributed by atoms with Gasteiger partial charge in [-0.05, 0) is 69.0 Å². The Morgan fingerprint density at radius 1 is 1.02 bits per heavy atom. The van der Waals surface area contributed by atoms with Gasteiger partial charge >= 0.3 is 6.09 Å². The van der Waals surface area contributed by atoms with E-state index >= 15 is 0 Å². The molecule has 0 spiro atoms. The highest BCUT2D eigenvalue weighted by Gasteiger charge is 2.21. The summed E-state index contributed by atoms with van der Waals surface area (Å²) in [6.07, 6.45) is 1.97. The largest absolute Gasteiger partial charge is 0.497 e. The number of ether oxygens (including phenoxy) is 3. The number of rotatable bonds is 10. The zero-order valence-electron chi connectivity index (χ0n) is 24.9. The number of aryl methyl sites for hydroxylation is 1. The Labute approximate surface area is 240 Å². The Hall–Kier alpha value is -4.27. The number of methoxy groups -OCH3 is 1. The molecule has 4 rings (SSSR count). The molecule has 9 nitrogen and oxygen atoms in total. The minimum Gasteiger partial charge on any atom is -0.497 e. The summed E-state index contributed by atoms with van der Waals surface area (Å²) < 4.78 is 18.4. The summed E-state index contributed by atoms with van der Waals surface area (Å²) in [5.74, 6) is 2.28. The van der Waals surface area contributed by atoms with Gasteiger partial charge in [-0.3, -0.25) is 4.79 Å². The third-order valence-corrected chi connectivity index (χ3v) is 6.64. The molecule has 0 aliphatic heterocycles. The van der Waals surface area contributed by atoms with Gasteiger partial charge in [-0.25, -0.2) is 9.78 Å². The van der Waals surface area contributed by atoms with Crippen LogP contribution in [0.2, 0.25) is 0 Å². The smallest absolute Gasteiger partial charge is 0.407 e. The number of pyridine rings is 2. The Kier molecular flexibility index (Phi) is 9.05. The molecule has 2 aromatic heterocycles. The summed E-state index contributed by atoms with van der Waals surface area (Å²) in [6.45, 7) is 10.5. The molecule has 1 amide bonds. The summed E-state index contributed by atoms with van der Waals surface area (Å²) in [4.78, 5) is 30.4. The van der Waals surface area contributed by atoms with Crippen LogP contribution in [0.15, 0.2) is 59.5 Å². The first-order chi connectivity index (χ1) is 19.4. The zero-order valence-corrected chi connectivity index (χ0v) is 24.9. The summed E-state index contributed by atoms with van der Waals surface area (Å²) in [6, 6.07) is 15.1. The average Bonchev–Trinajstić information content (AvgIpc) is 2.92. The van der Waals surface area contributed by atoms with Crippen LogP contribution < -0.4 is 25.7 Å². The van der Waals surface area contributed by atoms with Gasteiger partial charge in [0.25, 0.3) is 5.56 Å². The Morgan fingerprint density at radius 2 is 1.73 bits per heavy atom. The number of hydrogen-bond acceptors (Lipinski definition) is 7. The molecule has 0 unspecified atom stereocenters. The number of benzene rings is 2. The molecule has 0 bridgehead atoms. The number of carbonyl (C=O) groups is 1. The zero-order chi connectivity index (χ0) is 29.7. The SMILES string of the molecule is COc1ccc(CNc2nccc3c2c(=O)n(C)c2cc(OC[C@H](CC(C)C)NC(=O)OC(C)(C)C)ccc32)cc1. The lowest BCUT2D eigenvalue weighted by molar-refractivity contribution is 0.0480. The summed E-state index contributed by atoms with van der Waals surface area (Å²) >= 11 is 0. The number of amides is 1. The lowest BCUT2D eigenvalue weighted by atomic mass is 10.0. The van der Waals surface area contributed by atoms with E-state index in [-0.39, 0.29) is 18.2 Å². The second-order valence-corrected chi connectivity index (χ2v) is 11.6. The van der Waals surface area contributed by atoms with Crippen molar-refractivity contribution in [2.75, 3.05) is 19.0 Å². The minimum absolute atomic E-state index is 0.153. The third kappa shape index (κ3) is 7.48. The molecular weight excluding hydrogens is 520 g/mol. The van der Waals surface area contributed by atoms with Crippen molar-refractivity contribution in [2.24, 2.45) is 13.0 Å². The summed E-state index contributed by atoms with van der Waals surface area (Å²) in [5, 5.41) is 8.51. The van der Waals surface area contributed by atoms with Gasteiger partial charge in [0.1, 0.15) is 29.5 Å². The van der Waals surface area contributed by atoms with E-state index in [1.165, 1.54) is 0 Å². The average molecular weight is 561 g/mol. The van der Waals surface area contributed by atoms with Crippen LogP contribution >= 0.6 is 0 Å². The molecule has 2 aromatic carbocycles. The number of alkyl carbamates (subject to hydrolysis) is 1. The minimum atomic E-state index is -0.584. The van der Waals surface area contributed by atoms with Crippen LogP contribution in [0.25, 0.3) is 21.7 Å². The molecule has 2 heterocycles. The van der Waals surface area contributed by atoms with E-state index in [0.29, 0.717) is 29.4 Å². The third-order valence-electron chi connectivity index (χ3n) is 6.64. The molecule has 0 fully saturated rings. The fourth-order valence-corrected chi connectivity index (χ4v) is 4.76. The molecule has 0 aliphatic rings. The van der Waals surface area contributed by atoms with Crippen LogP contribution in [0.5, 0.6) is 11.5 Å². The maximum Gasteiger partial charge on any atom is 0.407 e. The van der Waals surface area contributed by atoms with Crippen molar-refractivity contribution in [1.82, 2.24) is 14.9 Å². The van der Waals surface area contributed by atoms with Crippen molar-refractivity contribution in [1.29, 1.82) is 0 Å². The van der Waals surface area contributed by atoms with Gasteiger partial charge in [0, 0.05) is 36.6 Å². The molecule has 4 aromatic rings. The number of hydrogen-bond donors (Lipinski definition) is 2. The van der Waals surface area contributed by atoms with Crippen LogP contribution in [-0.2, 0) is 18.3 Å². The van der Waals surface area contributed by atoms with Crippen LogP contribution in [-0.4, -0.2) is 41.0 Å². The number of nitrogens with zero attached hydrogens (tertiary/aromatic N) is 2. The molecule has 218 valence electrons. The topological polar surface area (TPSA) is 104 Å². The molecular formula is C32H40N4O5. The second kappa shape index (κ2) is 12.5. The Balaban J connectivity index is 1.57. The molecule has 9 heteroatoms. The molecule has 0 aliphatic carbocycles. The van der Waals surface area contributed by atoms with Crippen LogP contribution in [0.3, 0.4) is 0 Å². The van der Waals surface area contributed by atoms with Gasteiger partial charge in [-0.1, -0.05) is 26.0 Å².